The first kappa shape index (κ1) is 13.3. The lowest BCUT2D eigenvalue weighted by Crippen LogP contribution is -2.33. The molecule has 2 aliphatic rings. The van der Waals surface area contributed by atoms with Crippen LogP contribution in [0.1, 0.15) is 24.1 Å². The SMILES string of the molecule is C[C@]1(c2ccccc2)O[C@H]1N1C(=O)OC[C@@H]1c1ccccc1. The molecular formula is C18H17NO3. The zero-order valence-electron chi connectivity index (χ0n) is 12.3. The molecule has 112 valence electrons. The van der Waals surface area contributed by atoms with Crippen molar-refractivity contribution < 1.29 is 14.3 Å². The first-order valence-corrected chi connectivity index (χ1v) is 7.43. The van der Waals surface area contributed by atoms with Gasteiger partial charge in [-0.2, -0.15) is 0 Å². The van der Waals surface area contributed by atoms with Gasteiger partial charge in [0.25, 0.3) is 0 Å². The zero-order valence-corrected chi connectivity index (χ0v) is 12.3. The summed E-state index contributed by atoms with van der Waals surface area (Å²) in [5.74, 6) is 0. The fourth-order valence-electron chi connectivity index (χ4n) is 3.12. The molecule has 2 heterocycles. The predicted octanol–water partition coefficient (Wildman–Crippen LogP) is 3.45. The van der Waals surface area contributed by atoms with Gasteiger partial charge in [-0.05, 0) is 18.1 Å². The third-order valence-electron chi connectivity index (χ3n) is 4.47. The van der Waals surface area contributed by atoms with Gasteiger partial charge >= 0.3 is 6.09 Å². The van der Waals surface area contributed by atoms with Crippen LogP contribution < -0.4 is 0 Å². The van der Waals surface area contributed by atoms with E-state index in [1.54, 1.807) is 4.90 Å². The van der Waals surface area contributed by atoms with Crippen LogP contribution in [0.25, 0.3) is 0 Å². The number of hydrogen-bond acceptors (Lipinski definition) is 3. The van der Waals surface area contributed by atoms with E-state index in [4.69, 9.17) is 9.47 Å². The summed E-state index contributed by atoms with van der Waals surface area (Å²) in [6, 6.07) is 19.8. The number of cyclic esters (lactones) is 1. The summed E-state index contributed by atoms with van der Waals surface area (Å²) in [6.07, 6.45) is -0.589. The summed E-state index contributed by atoms with van der Waals surface area (Å²) >= 11 is 0. The number of hydrogen-bond donors (Lipinski definition) is 0. The topological polar surface area (TPSA) is 42.1 Å². The number of nitrogens with zero attached hydrogens (tertiary/aromatic N) is 1. The maximum Gasteiger partial charge on any atom is 0.412 e. The van der Waals surface area contributed by atoms with E-state index >= 15 is 0 Å². The van der Waals surface area contributed by atoms with Gasteiger partial charge in [0, 0.05) is 0 Å². The normalized spacial score (nSPS) is 30.2. The Morgan fingerprint density at radius 3 is 2.36 bits per heavy atom. The van der Waals surface area contributed by atoms with Gasteiger partial charge in [-0.1, -0.05) is 60.7 Å². The standard InChI is InChI=1S/C18H17NO3/c1-18(14-10-6-3-7-11-14)16(22-18)19-15(12-21-17(19)20)13-8-4-2-5-9-13/h2-11,15-16H,12H2,1H3/t15-,16-,18-/m1/s1. The van der Waals surface area contributed by atoms with Gasteiger partial charge in [-0.3, -0.25) is 4.90 Å². The molecule has 0 unspecified atom stereocenters. The fourth-order valence-corrected chi connectivity index (χ4v) is 3.12. The molecule has 2 aromatic rings. The minimum absolute atomic E-state index is 0.0933. The highest BCUT2D eigenvalue weighted by Gasteiger charge is 2.61. The van der Waals surface area contributed by atoms with Gasteiger partial charge in [-0.25, -0.2) is 4.79 Å². The van der Waals surface area contributed by atoms with E-state index < -0.39 is 5.60 Å². The molecule has 0 N–H and O–H groups in total. The molecule has 0 aromatic heterocycles. The van der Waals surface area contributed by atoms with Crippen molar-refractivity contribution in [1.29, 1.82) is 0 Å². The molecule has 2 fully saturated rings. The molecule has 4 rings (SSSR count). The monoisotopic (exact) mass is 295 g/mol. The molecule has 4 nitrogen and oxygen atoms in total. The number of carbonyl (C=O) groups excluding carboxylic acids is 1. The second-order valence-corrected chi connectivity index (χ2v) is 5.85. The first-order valence-electron chi connectivity index (χ1n) is 7.43. The Morgan fingerprint density at radius 1 is 1.05 bits per heavy atom. The highest BCUT2D eigenvalue weighted by molar-refractivity contribution is 5.71. The predicted molar refractivity (Wildman–Crippen MR) is 81.0 cm³/mol. The summed E-state index contributed by atoms with van der Waals surface area (Å²) < 4.78 is 11.2. The van der Waals surface area contributed by atoms with Crippen LogP contribution in [-0.4, -0.2) is 23.8 Å². The maximum absolute atomic E-state index is 12.2. The summed E-state index contributed by atoms with van der Waals surface area (Å²) in [4.78, 5) is 13.9. The Bertz CT molecular complexity index is 688. The average molecular weight is 295 g/mol. The van der Waals surface area contributed by atoms with E-state index in [1.807, 2.05) is 67.6 Å². The summed E-state index contributed by atoms with van der Waals surface area (Å²) in [5, 5.41) is 0. The smallest absolute Gasteiger partial charge is 0.412 e. The highest BCUT2D eigenvalue weighted by atomic mass is 16.7. The molecular weight excluding hydrogens is 278 g/mol. The summed E-state index contributed by atoms with van der Waals surface area (Å²) in [6.45, 7) is 2.38. The van der Waals surface area contributed by atoms with Crippen molar-refractivity contribution in [2.45, 2.75) is 24.8 Å². The molecule has 0 bridgehead atoms. The van der Waals surface area contributed by atoms with Crippen molar-refractivity contribution in [1.82, 2.24) is 4.90 Å². The van der Waals surface area contributed by atoms with Crippen LogP contribution in [0.5, 0.6) is 0 Å². The van der Waals surface area contributed by atoms with Crippen LogP contribution in [0.2, 0.25) is 0 Å². The molecule has 0 spiro atoms. The van der Waals surface area contributed by atoms with Crippen LogP contribution >= 0.6 is 0 Å². The molecule has 4 heteroatoms. The van der Waals surface area contributed by atoms with Crippen molar-refractivity contribution in [2.75, 3.05) is 6.61 Å². The number of amides is 1. The minimum Gasteiger partial charge on any atom is -0.447 e. The van der Waals surface area contributed by atoms with Crippen LogP contribution in [0, 0.1) is 0 Å². The lowest BCUT2D eigenvalue weighted by Gasteiger charge is -2.21. The van der Waals surface area contributed by atoms with Crippen LogP contribution in [0.4, 0.5) is 4.79 Å². The minimum atomic E-state index is -0.461. The number of epoxide rings is 1. The molecule has 1 amide bonds. The van der Waals surface area contributed by atoms with E-state index in [0.717, 1.165) is 11.1 Å². The number of rotatable bonds is 3. The molecule has 2 aliphatic heterocycles. The van der Waals surface area contributed by atoms with Crippen LogP contribution in [0.3, 0.4) is 0 Å². The second kappa shape index (κ2) is 4.85. The largest absolute Gasteiger partial charge is 0.447 e. The Labute approximate surface area is 129 Å². The third kappa shape index (κ3) is 1.99. The Kier molecular flexibility index (Phi) is 2.94. The van der Waals surface area contributed by atoms with Gasteiger partial charge in [0.05, 0.1) is 6.04 Å². The molecule has 0 radical (unpaired) electrons. The summed E-state index contributed by atoms with van der Waals surface area (Å²) in [7, 11) is 0. The number of ether oxygens (including phenoxy) is 2. The van der Waals surface area contributed by atoms with Crippen molar-refractivity contribution in [3.63, 3.8) is 0 Å². The third-order valence-corrected chi connectivity index (χ3v) is 4.47. The first-order chi connectivity index (χ1) is 10.7. The zero-order chi connectivity index (χ0) is 15.2. The van der Waals surface area contributed by atoms with Crippen molar-refractivity contribution in [3.8, 4) is 0 Å². The van der Waals surface area contributed by atoms with Crippen molar-refractivity contribution >= 4 is 6.09 Å². The molecule has 2 saturated heterocycles. The quantitative estimate of drug-likeness (QED) is 0.814. The lowest BCUT2D eigenvalue weighted by molar-refractivity contribution is 0.139. The van der Waals surface area contributed by atoms with E-state index in [9.17, 15) is 4.79 Å². The Balaban J connectivity index is 1.63. The van der Waals surface area contributed by atoms with E-state index in [2.05, 4.69) is 0 Å². The van der Waals surface area contributed by atoms with E-state index in [-0.39, 0.29) is 18.4 Å². The highest BCUT2D eigenvalue weighted by Crippen LogP contribution is 2.51. The lowest BCUT2D eigenvalue weighted by atomic mass is 9.98. The van der Waals surface area contributed by atoms with Gasteiger partial charge in [0.2, 0.25) is 0 Å². The van der Waals surface area contributed by atoms with Gasteiger partial charge in [0.15, 0.2) is 6.23 Å². The van der Waals surface area contributed by atoms with E-state index in [1.165, 1.54) is 0 Å². The van der Waals surface area contributed by atoms with E-state index in [0.29, 0.717) is 6.61 Å². The molecule has 22 heavy (non-hydrogen) atoms. The van der Waals surface area contributed by atoms with Crippen molar-refractivity contribution in [3.05, 3.63) is 71.8 Å². The summed E-state index contributed by atoms with van der Waals surface area (Å²) in [5.41, 5.74) is 1.68. The van der Waals surface area contributed by atoms with Gasteiger partial charge in [-0.15, -0.1) is 0 Å². The Hall–Kier alpha value is -2.33. The van der Waals surface area contributed by atoms with Gasteiger partial charge in [0.1, 0.15) is 12.2 Å². The Morgan fingerprint density at radius 2 is 1.68 bits per heavy atom. The second-order valence-electron chi connectivity index (χ2n) is 5.85. The molecule has 0 aliphatic carbocycles. The van der Waals surface area contributed by atoms with Gasteiger partial charge < -0.3 is 9.47 Å². The molecule has 0 saturated carbocycles. The van der Waals surface area contributed by atoms with Crippen LogP contribution in [-0.2, 0) is 15.1 Å². The average Bonchev–Trinajstić information content (AvgIpc) is 3.10. The fraction of sp³-hybridized carbons (Fsp3) is 0.278. The number of carbonyl (C=O) groups is 1. The van der Waals surface area contributed by atoms with Crippen LogP contribution in [0.15, 0.2) is 60.7 Å². The maximum atomic E-state index is 12.2. The van der Waals surface area contributed by atoms with Crippen molar-refractivity contribution in [2.24, 2.45) is 0 Å². The number of benzene rings is 2. The molecule has 3 atom stereocenters. The molecule has 2 aromatic carbocycles.